The van der Waals surface area contributed by atoms with Gasteiger partial charge in [0.1, 0.15) is 5.60 Å². The smallest absolute Gasteiger partial charge is 0.253 e. The quantitative estimate of drug-likeness (QED) is 0.496. The van der Waals surface area contributed by atoms with Crippen LogP contribution < -0.4 is 0 Å². The molecule has 15 heavy (non-hydrogen) atoms. The van der Waals surface area contributed by atoms with Crippen LogP contribution in [0.25, 0.3) is 0 Å². The number of amides is 2. The van der Waals surface area contributed by atoms with Crippen LogP contribution >= 0.6 is 0 Å². The van der Waals surface area contributed by atoms with Gasteiger partial charge in [-0.25, -0.2) is 0 Å². The predicted octanol–water partition coefficient (Wildman–Crippen LogP) is -0.583. The lowest BCUT2D eigenvalue weighted by molar-refractivity contribution is -0.144. The number of nitrogens with zero attached hydrogens (tertiary/aromatic N) is 1. The Hall–Kier alpha value is -1.75. The Morgan fingerprint density at radius 2 is 2.00 bits per heavy atom. The van der Waals surface area contributed by atoms with Crippen LogP contribution in [0.15, 0.2) is 24.8 Å². The maximum atomic E-state index is 11.2. The van der Waals surface area contributed by atoms with E-state index in [2.05, 4.69) is 6.58 Å². The Labute approximate surface area is 86.7 Å². The molecule has 1 aliphatic rings. The van der Waals surface area contributed by atoms with Crippen molar-refractivity contribution in [3.8, 4) is 0 Å². The van der Waals surface area contributed by atoms with Gasteiger partial charge in [0.25, 0.3) is 11.8 Å². The van der Waals surface area contributed by atoms with Crippen molar-refractivity contribution in [2.45, 2.75) is 12.5 Å². The summed E-state index contributed by atoms with van der Waals surface area (Å²) in [6, 6.07) is 0. The highest BCUT2D eigenvalue weighted by Gasteiger charge is 2.35. The van der Waals surface area contributed by atoms with Crippen LogP contribution in [0.1, 0.15) is 6.92 Å². The van der Waals surface area contributed by atoms with Gasteiger partial charge in [0.05, 0.1) is 6.54 Å². The minimum atomic E-state index is -1.78. The molecule has 0 radical (unpaired) electrons. The Morgan fingerprint density at radius 1 is 1.53 bits per heavy atom. The predicted molar refractivity (Wildman–Crippen MR) is 51.7 cm³/mol. The van der Waals surface area contributed by atoms with E-state index in [1.54, 1.807) is 0 Å². The van der Waals surface area contributed by atoms with Crippen LogP contribution in [-0.2, 0) is 14.4 Å². The average molecular weight is 209 g/mol. The van der Waals surface area contributed by atoms with Crippen LogP contribution in [0.3, 0.4) is 0 Å². The number of aliphatic hydroxyl groups is 1. The summed E-state index contributed by atoms with van der Waals surface area (Å²) >= 11 is 0. The lowest BCUT2D eigenvalue weighted by Gasteiger charge is -2.25. The van der Waals surface area contributed by atoms with E-state index in [0.29, 0.717) is 0 Å². The first-order chi connectivity index (χ1) is 6.88. The van der Waals surface area contributed by atoms with E-state index >= 15 is 0 Å². The minimum absolute atomic E-state index is 0.359. The first-order valence-corrected chi connectivity index (χ1v) is 4.31. The number of rotatable bonds is 4. The second-order valence-corrected chi connectivity index (χ2v) is 3.44. The minimum Gasteiger partial charge on any atom is -0.380 e. The summed E-state index contributed by atoms with van der Waals surface area (Å²) in [4.78, 5) is 34.3. The average Bonchev–Trinajstić information content (AvgIpc) is 2.47. The molecule has 0 aromatic carbocycles. The summed E-state index contributed by atoms with van der Waals surface area (Å²) < 4.78 is 0. The molecule has 5 heteroatoms. The summed E-state index contributed by atoms with van der Waals surface area (Å²) in [7, 11) is 0. The Bertz CT molecular complexity index is 350. The summed E-state index contributed by atoms with van der Waals surface area (Å²) in [5.41, 5.74) is -1.78. The molecule has 0 saturated carbocycles. The number of carbonyl (C=O) groups excluding carboxylic acids is 3. The third kappa shape index (κ3) is 2.19. The second kappa shape index (κ2) is 3.78. The van der Waals surface area contributed by atoms with Gasteiger partial charge in [-0.1, -0.05) is 6.58 Å². The molecule has 0 saturated heterocycles. The fourth-order valence-corrected chi connectivity index (χ4v) is 1.19. The van der Waals surface area contributed by atoms with Crippen molar-refractivity contribution >= 4 is 17.6 Å². The summed E-state index contributed by atoms with van der Waals surface area (Å²) in [5, 5.41) is 9.68. The molecule has 1 atom stereocenters. The maximum Gasteiger partial charge on any atom is 0.253 e. The second-order valence-electron chi connectivity index (χ2n) is 3.44. The number of imide groups is 1. The molecule has 0 aromatic rings. The van der Waals surface area contributed by atoms with E-state index in [9.17, 15) is 19.5 Å². The van der Waals surface area contributed by atoms with Gasteiger partial charge < -0.3 is 5.11 Å². The zero-order valence-electron chi connectivity index (χ0n) is 8.27. The number of ketones is 1. The lowest BCUT2D eigenvalue weighted by Crippen LogP contribution is -2.48. The number of carbonyl (C=O) groups is 3. The largest absolute Gasteiger partial charge is 0.380 e. The van der Waals surface area contributed by atoms with Gasteiger partial charge >= 0.3 is 0 Å². The van der Waals surface area contributed by atoms with Crippen molar-refractivity contribution < 1.29 is 19.5 Å². The highest BCUT2D eigenvalue weighted by Crippen LogP contribution is 2.12. The highest BCUT2D eigenvalue weighted by atomic mass is 16.3. The molecule has 0 fully saturated rings. The third-order valence-electron chi connectivity index (χ3n) is 2.08. The van der Waals surface area contributed by atoms with Crippen molar-refractivity contribution in [1.82, 2.24) is 4.90 Å². The normalized spacial score (nSPS) is 19.2. The molecule has 0 aliphatic carbocycles. The Morgan fingerprint density at radius 3 is 2.40 bits per heavy atom. The Kier molecular flexibility index (Phi) is 2.85. The van der Waals surface area contributed by atoms with Gasteiger partial charge in [-0.15, -0.1) is 0 Å². The van der Waals surface area contributed by atoms with Crippen molar-refractivity contribution in [3.63, 3.8) is 0 Å². The zero-order chi connectivity index (χ0) is 11.6. The lowest BCUT2D eigenvalue weighted by atomic mass is 10.0. The number of hydrogen-bond acceptors (Lipinski definition) is 4. The fraction of sp³-hybridized carbons (Fsp3) is 0.300. The van der Waals surface area contributed by atoms with Gasteiger partial charge in [0.15, 0.2) is 5.78 Å². The molecule has 1 aliphatic heterocycles. The molecule has 2 amide bonds. The van der Waals surface area contributed by atoms with Gasteiger partial charge in [0.2, 0.25) is 0 Å². The maximum absolute atomic E-state index is 11.2. The van der Waals surface area contributed by atoms with Crippen LogP contribution in [0, 0.1) is 0 Å². The molecular formula is C10H11NO4. The summed E-state index contributed by atoms with van der Waals surface area (Å²) in [6.07, 6.45) is 3.14. The molecule has 5 nitrogen and oxygen atoms in total. The van der Waals surface area contributed by atoms with Crippen LogP contribution in [0.5, 0.6) is 0 Å². The highest BCUT2D eigenvalue weighted by molar-refractivity contribution is 6.13. The molecule has 1 rings (SSSR count). The summed E-state index contributed by atoms with van der Waals surface area (Å²) in [6.45, 7) is 4.10. The van der Waals surface area contributed by atoms with Crippen molar-refractivity contribution in [1.29, 1.82) is 0 Å². The van der Waals surface area contributed by atoms with Gasteiger partial charge in [0, 0.05) is 12.2 Å². The monoisotopic (exact) mass is 209 g/mol. The van der Waals surface area contributed by atoms with E-state index in [-0.39, 0.29) is 6.54 Å². The van der Waals surface area contributed by atoms with Crippen LogP contribution in [0.2, 0.25) is 0 Å². The van der Waals surface area contributed by atoms with Crippen LogP contribution in [-0.4, -0.2) is 39.7 Å². The van der Waals surface area contributed by atoms with E-state index in [1.807, 2.05) is 0 Å². The van der Waals surface area contributed by atoms with E-state index < -0.39 is 23.2 Å². The topological polar surface area (TPSA) is 74.7 Å². The number of β-amino-alcohol motifs (C(OH)–C–C–N with tert-alkyl or cyclic N) is 1. The molecule has 0 aromatic heterocycles. The van der Waals surface area contributed by atoms with Crippen molar-refractivity contribution in [2.24, 2.45) is 0 Å². The van der Waals surface area contributed by atoms with Gasteiger partial charge in [-0.2, -0.15) is 0 Å². The van der Waals surface area contributed by atoms with Crippen molar-refractivity contribution in [2.75, 3.05) is 6.54 Å². The number of hydrogen-bond donors (Lipinski definition) is 1. The third-order valence-corrected chi connectivity index (χ3v) is 2.08. The van der Waals surface area contributed by atoms with E-state index in [4.69, 9.17) is 0 Å². The molecule has 0 bridgehead atoms. The standard InChI is InChI=1S/C10H11NO4/c1-3-7(12)10(2,15)6-11-8(13)4-5-9(11)14/h3-5,15H,1,6H2,2H3. The first-order valence-electron chi connectivity index (χ1n) is 4.31. The summed E-state index contributed by atoms with van der Waals surface area (Å²) in [5.74, 6) is -1.69. The SMILES string of the molecule is C=CC(=O)C(C)(O)CN1C(=O)C=CC1=O. The Balaban J connectivity index is 2.78. The van der Waals surface area contributed by atoms with Gasteiger partial charge in [-0.05, 0) is 13.0 Å². The zero-order valence-corrected chi connectivity index (χ0v) is 8.27. The molecular weight excluding hydrogens is 198 g/mol. The fourth-order valence-electron chi connectivity index (χ4n) is 1.19. The van der Waals surface area contributed by atoms with E-state index in [0.717, 1.165) is 23.1 Å². The molecule has 1 heterocycles. The first kappa shape index (κ1) is 11.3. The molecule has 1 unspecified atom stereocenters. The molecule has 0 spiro atoms. The van der Waals surface area contributed by atoms with Crippen molar-refractivity contribution in [3.05, 3.63) is 24.8 Å². The molecule has 1 N–H and O–H groups in total. The van der Waals surface area contributed by atoms with E-state index in [1.165, 1.54) is 6.92 Å². The molecule has 80 valence electrons. The van der Waals surface area contributed by atoms with Crippen LogP contribution in [0.4, 0.5) is 0 Å². The van der Waals surface area contributed by atoms with Gasteiger partial charge in [-0.3, -0.25) is 19.3 Å².